The predicted octanol–water partition coefficient (Wildman–Crippen LogP) is 3.83. The molecule has 11 heteroatoms. The number of nitrogens with zero attached hydrogens (tertiary/aromatic N) is 1. The van der Waals surface area contributed by atoms with E-state index in [1.165, 1.54) is 7.11 Å². The Hall–Kier alpha value is -3.60. The van der Waals surface area contributed by atoms with E-state index in [4.69, 9.17) is 9.26 Å². The van der Waals surface area contributed by atoms with Gasteiger partial charge in [-0.2, -0.15) is 0 Å². The zero-order valence-corrected chi connectivity index (χ0v) is 19.1. The number of halogens is 2. The standard InChI is InChI=1S/C22H23F2N3O5S/c1-31-14-7-5-12(6-8-14)19(26-21(29)17-11-18(28)27-32-17)22(30)25-13-9-15(23)20(16(24)10-13)33(2,3)4/h5-11,19H,1-4H3,(H,25,30)(H,26,29)(H,27,28)/t19-/m1/s1. The maximum absolute atomic E-state index is 14.6. The Kier molecular flexibility index (Phi) is 6.92. The van der Waals surface area contributed by atoms with Gasteiger partial charge in [-0.05, 0) is 53.8 Å². The van der Waals surface area contributed by atoms with Crippen LogP contribution in [0.3, 0.4) is 0 Å². The predicted molar refractivity (Wildman–Crippen MR) is 120 cm³/mol. The Labute approximate surface area is 190 Å². The van der Waals surface area contributed by atoms with E-state index in [1.807, 2.05) is 0 Å². The third-order valence-corrected chi connectivity index (χ3v) is 6.20. The number of amides is 2. The first-order valence-electron chi connectivity index (χ1n) is 9.58. The van der Waals surface area contributed by atoms with E-state index in [-0.39, 0.29) is 16.3 Å². The first-order chi connectivity index (χ1) is 15.5. The number of carbonyl (C=O) groups excluding carboxylic acids is 2. The monoisotopic (exact) mass is 479 g/mol. The van der Waals surface area contributed by atoms with Crippen LogP contribution < -0.4 is 15.4 Å². The molecule has 3 N–H and O–H groups in total. The molecule has 2 aromatic carbocycles. The summed E-state index contributed by atoms with van der Waals surface area (Å²) in [5, 5.41) is 17.4. The second-order valence-electron chi connectivity index (χ2n) is 7.82. The van der Waals surface area contributed by atoms with Crippen LogP contribution in [0, 0.1) is 11.6 Å². The number of methoxy groups -OCH3 is 1. The second kappa shape index (κ2) is 9.49. The average Bonchev–Trinajstić information content (AvgIpc) is 3.16. The molecule has 1 heterocycles. The molecule has 0 aliphatic carbocycles. The summed E-state index contributed by atoms with van der Waals surface area (Å²) in [4.78, 5) is 25.5. The quantitative estimate of drug-likeness (QED) is 0.475. The molecule has 1 atom stereocenters. The van der Waals surface area contributed by atoms with E-state index in [2.05, 4.69) is 15.8 Å². The molecule has 0 radical (unpaired) electrons. The van der Waals surface area contributed by atoms with Crippen LogP contribution >= 0.6 is 10.0 Å². The number of ether oxygens (including phenoxy) is 1. The van der Waals surface area contributed by atoms with Crippen LogP contribution in [-0.2, 0) is 4.79 Å². The number of carbonyl (C=O) groups is 2. The number of aromatic hydroxyl groups is 1. The normalized spacial score (nSPS) is 12.7. The van der Waals surface area contributed by atoms with E-state index in [0.717, 1.165) is 18.2 Å². The summed E-state index contributed by atoms with van der Waals surface area (Å²) in [6, 6.07) is 8.06. The van der Waals surface area contributed by atoms with Crippen molar-refractivity contribution in [2.45, 2.75) is 10.9 Å². The first-order valence-corrected chi connectivity index (χ1v) is 12.4. The second-order valence-corrected chi connectivity index (χ2v) is 11.9. The van der Waals surface area contributed by atoms with E-state index in [0.29, 0.717) is 11.3 Å². The lowest BCUT2D eigenvalue weighted by Gasteiger charge is -2.27. The fraction of sp³-hybridized carbons (Fsp3) is 0.227. The zero-order valence-electron chi connectivity index (χ0n) is 18.3. The summed E-state index contributed by atoms with van der Waals surface area (Å²) in [5.41, 5.74) is 0.259. The van der Waals surface area contributed by atoms with Gasteiger partial charge in [0.25, 0.3) is 17.7 Å². The van der Waals surface area contributed by atoms with Crippen molar-refractivity contribution in [3.8, 4) is 11.6 Å². The molecule has 0 saturated carbocycles. The molecule has 0 aliphatic rings. The highest BCUT2D eigenvalue weighted by Crippen LogP contribution is 2.48. The largest absolute Gasteiger partial charge is 0.497 e. The van der Waals surface area contributed by atoms with E-state index in [1.54, 1.807) is 43.0 Å². The van der Waals surface area contributed by atoms with E-state index >= 15 is 0 Å². The molecule has 176 valence electrons. The maximum atomic E-state index is 14.6. The Morgan fingerprint density at radius 1 is 1.09 bits per heavy atom. The van der Waals surface area contributed by atoms with Crippen LogP contribution in [0.4, 0.5) is 14.5 Å². The number of hydrogen-bond acceptors (Lipinski definition) is 6. The highest BCUT2D eigenvalue weighted by molar-refractivity contribution is 8.32. The van der Waals surface area contributed by atoms with Gasteiger partial charge in [-0.25, -0.2) is 18.8 Å². The fourth-order valence-corrected chi connectivity index (χ4v) is 4.39. The van der Waals surface area contributed by atoms with Gasteiger partial charge in [0.1, 0.15) is 23.4 Å². The lowest BCUT2D eigenvalue weighted by Crippen LogP contribution is -2.37. The Morgan fingerprint density at radius 3 is 2.18 bits per heavy atom. The Bertz CT molecular complexity index is 1150. The smallest absolute Gasteiger partial charge is 0.290 e. The number of rotatable bonds is 7. The van der Waals surface area contributed by atoms with Crippen molar-refractivity contribution < 1.29 is 32.7 Å². The molecular weight excluding hydrogens is 456 g/mol. The summed E-state index contributed by atoms with van der Waals surface area (Å²) >= 11 is 0. The van der Waals surface area contributed by atoms with Gasteiger partial charge in [0, 0.05) is 5.69 Å². The first kappa shape index (κ1) is 24.1. The molecule has 0 aliphatic heterocycles. The highest BCUT2D eigenvalue weighted by Gasteiger charge is 2.27. The molecule has 2 amide bonds. The molecule has 0 bridgehead atoms. The number of benzene rings is 2. The molecule has 1 aromatic heterocycles. The van der Waals surface area contributed by atoms with Crippen LogP contribution in [-0.4, -0.2) is 48.0 Å². The van der Waals surface area contributed by atoms with Crippen LogP contribution in [0.5, 0.6) is 11.6 Å². The summed E-state index contributed by atoms with van der Waals surface area (Å²) < 4.78 is 39.0. The molecule has 8 nitrogen and oxygen atoms in total. The van der Waals surface area contributed by atoms with Crippen molar-refractivity contribution in [2.75, 3.05) is 31.2 Å². The van der Waals surface area contributed by atoms with Crippen molar-refractivity contribution in [2.24, 2.45) is 0 Å². The zero-order chi connectivity index (χ0) is 24.3. The van der Waals surface area contributed by atoms with Crippen molar-refractivity contribution in [3.05, 3.63) is 65.4 Å². The molecule has 0 unspecified atom stereocenters. The Balaban J connectivity index is 1.91. The lowest BCUT2D eigenvalue weighted by atomic mass is 10.1. The minimum atomic E-state index is -1.69. The number of hydrogen-bond donors (Lipinski definition) is 3. The minimum absolute atomic E-state index is 0.0226. The summed E-state index contributed by atoms with van der Waals surface area (Å²) in [6.45, 7) is 0. The van der Waals surface area contributed by atoms with E-state index < -0.39 is 45.4 Å². The number of nitrogens with one attached hydrogen (secondary N) is 2. The lowest BCUT2D eigenvalue weighted by molar-refractivity contribution is -0.118. The molecule has 33 heavy (non-hydrogen) atoms. The van der Waals surface area contributed by atoms with Crippen LogP contribution in [0.1, 0.15) is 22.2 Å². The van der Waals surface area contributed by atoms with Gasteiger partial charge in [-0.1, -0.05) is 12.1 Å². The SMILES string of the molecule is COc1ccc([C@@H](NC(=O)c2cc(O)no2)C(=O)Nc2cc(F)c(S(C)(C)C)c(F)c2)cc1. The molecular formula is C22H23F2N3O5S. The number of anilines is 1. The van der Waals surface area contributed by atoms with Crippen molar-refractivity contribution in [3.63, 3.8) is 0 Å². The highest BCUT2D eigenvalue weighted by atomic mass is 32.3. The molecule has 3 aromatic rings. The van der Waals surface area contributed by atoms with E-state index in [9.17, 15) is 23.5 Å². The van der Waals surface area contributed by atoms with Crippen LogP contribution in [0.15, 0.2) is 51.9 Å². The van der Waals surface area contributed by atoms with Gasteiger partial charge in [0.05, 0.1) is 18.1 Å². The van der Waals surface area contributed by atoms with Gasteiger partial charge in [0.15, 0.2) is 0 Å². The van der Waals surface area contributed by atoms with Gasteiger partial charge in [0.2, 0.25) is 5.76 Å². The summed E-state index contributed by atoms with van der Waals surface area (Å²) in [7, 11) is -0.213. The third kappa shape index (κ3) is 5.61. The third-order valence-electron chi connectivity index (χ3n) is 4.59. The Morgan fingerprint density at radius 2 is 1.70 bits per heavy atom. The van der Waals surface area contributed by atoms with Gasteiger partial charge < -0.3 is 25.0 Å². The van der Waals surface area contributed by atoms with Crippen molar-refractivity contribution in [1.29, 1.82) is 0 Å². The number of aromatic nitrogens is 1. The van der Waals surface area contributed by atoms with Crippen molar-refractivity contribution >= 4 is 27.5 Å². The molecule has 3 rings (SSSR count). The van der Waals surface area contributed by atoms with Crippen LogP contribution in [0.2, 0.25) is 0 Å². The molecule has 0 saturated heterocycles. The molecule has 0 spiro atoms. The summed E-state index contributed by atoms with van der Waals surface area (Å²) in [6.07, 6.45) is 5.26. The van der Waals surface area contributed by atoms with Gasteiger partial charge in [-0.3, -0.25) is 9.59 Å². The van der Waals surface area contributed by atoms with Gasteiger partial charge >= 0.3 is 0 Å². The topological polar surface area (TPSA) is 114 Å². The minimum Gasteiger partial charge on any atom is -0.497 e. The maximum Gasteiger partial charge on any atom is 0.290 e. The van der Waals surface area contributed by atoms with Crippen LogP contribution in [0.25, 0.3) is 0 Å². The van der Waals surface area contributed by atoms with Gasteiger partial charge in [-0.15, -0.1) is 0 Å². The molecule has 0 fully saturated rings. The fourth-order valence-electron chi connectivity index (χ4n) is 3.10. The average molecular weight is 480 g/mol. The van der Waals surface area contributed by atoms with Crippen molar-refractivity contribution in [1.82, 2.24) is 10.5 Å². The summed E-state index contributed by atoms with van der Waals surface area (Å²) in [5.74, 6) is -3.43.